The van der Waals surface area contributed by atoms with E-state index in [1.165, 1.54) is 0 Å². The largest absolute Gasteiger partial charge is 0.504 e. The summed E-state index contributed by atoms with van der Waals surface area (Å²) in [7, 11) is 0. The van der Waals surface area contributed by atoms with E-state index in [9.17, 15) is 10.2 Å². The molecule has 0 aliphatic carbocycles. The number of fused-ring (bicyclic) bond motifs is 4. The van der Waals surface area contributed by atoms with Crippen LogP contribution in [0.1, 0.15) is 22.3 Å². The number of hydrogen-bond donors (Lipinski definition) is 2. The van der Waals surface area contributed by atoms with Crippen LogP contribution in [0.25, 0.3) is 44.2 Å². The van der Waals surface area contributed by atoms with Crippen LogP contribution < -0.4 is 0 Å². The number of para-hydroxylation sites is 2. The summed E-state index contributed by atoms with van der Waals surface area (Å²) in [6.07, 6.45) is 0. The predicted molar refractivity (Wildman–Crippen MR) is 129 cm³/mol. The average molecular weight is 424 g/mol. The van der Waals surface area contributed by atoms with Gasteiger partial charge >= 0.3 is 0 Å². The third-order valence-electron chi connectivity index (χ3n) is 6.02. The molecule has 4 aromatic carbocycles. The molecule has 5 aromatic rings. The molecular weight excluding hydrogens is 400 g/mol. The Kier molecular flexibility index (Phi) is 4.59. The Hall–Kier alpha value is -3.92. The van der Waals surface area contributed by atoms with Crippen molar-refractivity contribution in [3.05, 3.63) is 82.9 Å². The Balaban J connectivity index is 2.12. The van der Waals surface area contributed by atoms with Crippen molar-refractivity contribution in [1.29, 1.82) is 0 Å². The van der Waals surface area contributed by atoms with Crippen molar-refractivity contribution in [2.45, 2.75) is 27.7 Å². The van der Waals surface area contributed by atoms with Crippen LogP contribution in [0.2, 0.25) is 0 Å². The number of rotatable bonds is 1. The summed E-state index contributed by atoms with van der Waals surface area (Å²) in [5.41, 5.74) is 7.17. The number of aryl methyl sites for hydroxylation is 3. The molecule has 0 saturated heterocycles. The maximum absolute atomic E-state index is 10.9. The zero-order chi connectivity index (χ0) is 22.6. The summed E-state index contributed by atoms with van der Waals surface area (Å²) in [6.45, 7) is 7.92. The summed E-state index contributed by atoms with van der Waals surface area (Å²) in [6, 6.07) is 19.6. The highest BCUT2D eigenvalue weighted by Crippen LogP contribution is 2.46. The van der Waals surface area contributed by atoms with Gasteiger partial charge in [0.25, 0.3) is 0 Å². The fourth-order valence-electron chi connectivity index (χ4n) is 4.64. The van der Waals surface area contributed by atoms with Crippen LogP contribution in [0, 0.1) is 27.7 Å². The number of phenols is 2. The van der Waals surface area contributed by atoms with Crippen LogP contribution >= 0.6 is 0 Å². The van der Waals surface area contributed by atoms with E-state index in [4.69, 9.17) is 8.83 Å². The van der Waals surface area contributed by atoms with Gasteiger partial charge in [-0.1, -0.05) is 54.1 Å². The molecule has 0 aliphatic rings. The van der Waals surface area contributed by atoms with Crippen LogP contribution in [-0.4, -0.2) is 10.2 Å². The highest BCUT2D eigenvalue weighted by atomic mass is 16.4. The SMILES string of the molecule is Cc1cc(C)c(-c2c(C)c(O)c(O)c3oc4ccccc4c4ccccc4oc23)c(C)c1. The van der Waals surface area contributed by atoms with Gasteiger partial charge < -0.3 is 19.0 Å². The molecule has 32 heavy (non-hydrogen) atoms. The Morgan fingerprint density at radius 2 is 1.09 bits per heavy atom. The quantitative estimate of drug-likeness (QED) is 0.270. The van der Waals surface area contributed by atoms with Crippen molar-refractivity contribution in [3.8, 4) is 22.6 Å². The number of aromatic hydroxyl groups is 2. The fraction of sp³-hybridized carbons (Fsp3) is 0.143. The molecule has 0 amide bonds. The molecule has 0 bridgehead atoms. The molecule has 0 saturated carbocycles. The first kappa shape index (κ1) is 20.0. The molecule has 1 heterocycles. The van der Waals surface area contributed by atoms with Gasteiger partial charge in [0.2, 0.25) is 11.3 Å². The topological polar surface area (TPSA) is 66.7 Å². The minimum Gasteiger partial charge on any atom is -0.504 e. The maximum atomic E-state index is 10.9. The highest BCUT2D eigenvalue weighted by Gasteiger charge is 2.23. The van der Waals surface area contributed by atoms with E-state index in [0.29, 0.717) is 27.9 Å². The van der Waals surface area contributed by atoms with Crippen molar-refractivity contribution in [2.75, 3.05) is 0 Å². The number of benzene rings is 4. The van der Waals surface area contributed by atoms with E-state index in [1.54, 1.807) is 6.92 Å². The lowest BCUT2D eigenvalue weighted by Crippen LogP contribution is -1.95. The molecule has 0 fully saturated rings. The van der Waals surface area contributed by atoms with Crippen molar-refractivity contribution in [2.24, 2.45) is 0 Å². The second-order valence-electron chi connectivity index (χ2n) is 8.33. The average Bonchev–Trinajstić information content (AvgIpc) is 2.76. The third kappa shape index (κ3) is 2.99. The molecule has 0 spiro atoms. The van der Waals surface area contributed by atoms with Crippen molar-refractivity contribution >= 4 is 33.1 Å². The molecule has 4 nitrogen and oxygen atoms in total. The van der Waals surface area contributed by atoms with Gasteiger partial charge in [-0.15, -0.1) is 0 Å². The number of hydrogen-bond acceptors (Lipinski definition) is 4. The third-order valence-corrected chi connectivity index (χ3v) is 6.02. The minimum atomic E-state index is -0.335. The fourth-order valence-corrected chi connectivity index (χ4v) is 4.64. The van der Waals surface area contributed by atoms with Crippen molar-refractivity contribution < 1.29 is 19.0 Å². The Labute approximate surface area is 185 Å². The van der Waals surface area contributed by atoms with E-state index < -0.39 is 0 Å². The van der Waals surface area contributed by atoms with E-state index in [2.05, 4.69) is 19.1 Å². The van der Waals surface area contributed by atoms with Crippen molar-refractivity contribution in [1.82, 2.24) is 0 Å². The van der Waals surface area contributed by atoms with E-state index in [1.807, 2.05) is 62.4 Å². The molecule has 0 radical (unpaired) electrons. The van der Waals surface area contributed by atoms with Crippen LogP contribution in [0.5, 0.6) is 11.5 Å². The molecule has 5 rings (SSSR count). The summed E-state index contributed by atoms with van der Waals surface area (Å²) < 4.78 is 12.7. The van der Waals surface area contributed by atoms with Gasteiger partial charge in [0.1, 0.15) is 11.2 Å². The summed E-state index contributed by atoms with van der Waals surface area (Å²) >= 11 is 0. The molecule has 4 heteroatoms. The smallest absolute Gasteiger partial charge is 0.216 e. The normalized spacial score (nSPS) is 11.4. The van der Waals surface area contributed by atoms with Gasteiger partial charge in [-0.2, -0.15) is 0 Å². The van der Waals surface area contributed by atoms with E-state index >= 15 is 0 Å². The lowest BCUT2D eigenvalue weighted by Gasteiger charge is -2.17. The van der Waals surface area contributed by atoms with Gasteiger partial charge in [0.05, 0.1) is 0 Å². The monoisotopic (exact) mass is 424 g/mol. The summed E-state index contributed by atoms with van der Waals surface area (Å²) in [4.78, 5) is 0. The second kappa shape index (κ2) is 7.34. The highest BCUT2D eigenvalue weighted by molar-refractivity contribution is 6.05. The molecule has 2 N–H and O–H groups in total. The van der Waals surface area contributed by atoms with E-state index in [0.717, 1.165) is 33.0 Å². The van der Waals surface area contributed by atoms with Crippen LogP contribution in [0.3, 0.4) is 0 Å². The molecule has 0 unspecified atom stereocenters. The van der Waals surface area contributed by atoms with Gasteiger partial charge in [-0.05, 0) is 56.5 Å². The van der Waals surface area contributed by atoms with Gasteiger partial charge in [0, 0.05) is 21.9 Å². The lowest BCUT2D eigenvalue weighted by atomic mass is 9.90. The summed E-state index contributed by atoms with van der Waals surface area (Å²) in [5, 5.41) is 23.5. The zero-order valence-corrected chi connectivity index (χ0v) is 18.5. The van der Waals surface area contributed by atoms with Crippen molar-refractivity contribution in [3.63, 3.8) is 0 Å². The molecule has 0 atom stereocenters. The first-order chi connectivity index (χ1) is 15.4. The van der Waals surface area contributed by atoms with Crippen LogP contribution in [-0.2, 0) is 0 Å². The second-order valence-corrected chi connectivity index (χ2v) is 8.33. The number of phenolic OH excluding ortho intramolecular Hbond substituents is 2. The zero-order valence-electron chi connectivity index (χ0n) is 18.5. The van der Waals surface area contributed by atoms with Crippen LogP contribution in [0.15, 0.2) is 69.5 Å². The maximum Gasteiger partial charge on any atom is 0.216 e. The Morgan fingerprint density at radius 3 is 1.66 bits per heavy atom. The van der Waals surface area contributed by atoms with Crippen LogP contribution in [0.4, 0.5) is 0 Å². The molecule has 160 valence electrons. The minimum absolute atomic E-state index is 0.101. The van der Waals surface area contributed by atoms with E-state index in [-0.39, 0.29) is 17.1 Å². The predicted octanol–water partition coefficient (Wildman–Crippen LogP) is 7.77. The first-order valence-corrected chi connectivity index (χ1v) is 10.6. The molecule has 0 aliphatic heterocycles. The Morgan fingerprint density at radius 1 is 0.594 bits per heavy atom. The van der Waals surface area contributed by atoms with Gasteiger partial charge in [-0.25, -0.2) is 0 Å². The molecular formula is C28H24O4. The standard InChI is InChI=1S/C28H24O4/c1-15-13-16(2)23(17(3)14-15)24-18(4)25(29)26(30)28-27(24)31-21-11-7-5-9-19(21)20-10-6-8-12-22(20)32-28/h5-14,29-30H,1-4H3. The summed E-state index contributed by atoms with van der Waals surface area (Å²) in [5.74, 6) is -0.550. The first-order valence-electron chi connectivity index (χ1n) is 10.6. The molecule has 1 aromatic heterocycles. The Bertz CT molecular complexity index is 1560. The lowest BCUT2D eigenvalue weighted by molar-refractivity contribution is 0.398. The van der Waals surface area contributed by atoms with Gasteiger partial charge in [0.15, 0.2) is 11.3 Å². The van der Waals surface area contributed by atoms with Gasteiger partial charge in [-0.3, -0.25) is 0 Å².